The number of methoxy groups -OCH3 is 1. The lowest BCUT2D eigenvalue weighted by atomic mass is 10.3. The predicted octanol–water partition coefficient (Wildman–Crippen LogP) is -1.34. The van der Waals surface area contributed by atoms with Crippen LogP contribution in [0.3, 0.4) is 0 Å². The number of aromatic amines is 1. The number of amides is 2. The number of nitrogens with one attached hydrogen (secondary N) is 3. The predicted molar refractivity (Wildman–Crippen MR) is 57.6 cm³/mol. The molecule has 0 saturated carbocycles. The molecule has 2 atom stereocenters. The Morgan fingerprint density at radius 3 is 2.78 bits per heavy atom. The van der Waals surface area contributed by atoms with Gasteiger partial charge in [0.05, 0.1) is 12.6 Å². The van der Waals surface area contributed by atoms with Gasteiger partial charge in [-0.05, 0) is 6.92 Å². The van der Waals surface area contributed by atoms with Crippen molar-refractivity contribution >= 4 is 12.0 Å². The van der Waals surface area contributed by atoms with Crippen LogP contribution in [0.25, 0.3) is 0 Å². The molecule has 1 aromatic heterocycles. The first-order chi connectivity index (χ1) is 8.54. The van der Waals surface area contributed by atoms with E-state index in [9.17, 15) is 9.59 Å². The van der Waals surface area contributed by atoms with Gasteiger partial charge in [0.25, 0.3) is 0 Å². The molecule has 0 aliphatic carbocycles. The molecule has 0 radical (unpaired) electrons. The fraction of sp³-hybridized carbons (Fsp3) is 0.625. The first kappa shape index (κ1) is 13.8. The van der Waals surface area contributed by atoms with E-state index >= 15 is 0 Å². The van der Waals surface area contributed by atoms with Gasteiger partial charge in [0, 0.05) is 7.11 Å². The van der Waals surface area contributed by atoms with E-state index in [4.69, 9.17) is 5.11 Å². The highest BCUT2D eigenvalue weighted by Gasteiger charge is 2.18. The van der Waals surface area contributed by atoms with Crippen LogP contribution in [0, 0.1) is 0 Å². The summed E-state index contributed by atoms with van der Waals surface area (Å²) in [7, 11) is 1.25. The largest absolute Gasteiger partial charge is 0.479 e. The van der Waals surface area contributed by atoms with Crippen molar-refractivity contribution in [2.24, 2.45) is 0 Å². The lowest BCUT2D eigenvalue weighted by molar-refractivity contribution is -0.147. The lowest BCUT2D eigenvalue weighted by Gasteiger charge is -2.14. The van der Waals surface area contributed by atoms with Crippen LogP contribution in [0.15, 0.2) is 0 Å². The third-order valence-electron chi connectivity index (χ3n) is 2.10. The Hall–Kier alpha value is -2.23. The van der Waals surface area contributed by atoms with Gasteiger partial charge in [-0.15, -0.1) is 10.2 Å². The standard InChI is InChI=1S/C8H14N6O4/c1-4(6-11-13-14-12-6)10-8(17)9-3-5(18-2)7(15)16/h4-5H,3H2,1-2H3,(H,15,16)(H2,9,10,17)(H,11,12,13,14). The van der Waals surface area contributed by atoms with Gasteiger partial charge in [0.2, 0.25) is 0 Å². The van der Waals surface area contributed by atoms with Crippen LogP contribution in [-0.4, -0.2) is 57.5 Å². The number of carboxylic acid groups (broad SMARTS) is 1. The number of hydrogen-bond donors (Lipinski definition) is 4. The highest BCUT2D eigenvalue weighted by Crippen LogP contribution is 2.02. The summed E-state index contributed by atoms with van der Waals surface area (Å²) in [5, 5.41) is 26.6. The highest BCUT2D eigenvalue weighted by atomic mass is 16.5. The molecule has 0 aliphatic heterocycles. The van der Waals surface area contributed by atoms with Gasteiger partial charge in [-0.25, -0.2) is 9.59 Å². The fourth-order valence-corrected chi connectivity index (χ4v) is 1.12. The molecule has 10 heteroatoms. The van der Waals surface area contributed by atoms with Crippen molar-refractivity contribution in [2.45, 2.75) is 19.1 Å². The summed E-state index contributed by atoms with van der Waals surface area (Å²) >= 11 is 0. The van der Waals surface area contributed by atoms with Crippen LogP contribution >= 0.6 is 0 Å². The Labute approximate surface area is 102 Å². The molecule has 1 heterocycles. The van der Waals surface area contributed by atoms with Crippen molar-refractivity contribution in [1.29, 1.82) is 0 Å². The van der Waals surface area contributed by atoms with Crippen molar-refractivity contribution in [2.75, 3.05) is 13.7 Å². The molecule has 0 aromatic carbocycles. The number of ether oxygens (including phenoxy) is 1. The van der Waals surface area contributed by atoms with Crippen molar-refractivity contribution in [3.8, 4) is 0 Å². The number of urea groups is 1. The average molecular weight is 258 g/mol. The van der Waals surface area contributed by atoms with Crippen LogP contribution < -0.4 is 10.6 Å². The zero-order chi connectivity index (χ0) is 13.5. The molecule has 100 valence electrons. The first-order valence-corrected chi connectivity index (χ1v) is 5.08. The monoisotopic (exact) mass is 258 g/mol. The van der Waals surface area contributed by atoms with E-state index in [1.807, 2.05) is 0 Å². The molecule has 0 bridgehead atoms. The summed E-state index contributed by atoms with van der Waals surface area (Å²) in [6.07, 6.45) is -1.09. The average Bonchev–Trinajstić information content (AvgIpc) is 2.82. The van der Waals surface area contributed by atoms with Crippen LogP contribution in [0.5, 0.6) is 0 Å². The van der Waals surface area contributed by atoms with Crippen molar-refractivity contribution in [1.82, 2.24) is 31.3 Å². The maximum absolute atomic E-state index is 11.4. The Bertz CT molecular complexity index is 394. The van der Waals surface area contributed by atoms with E-state index in [2.05, 4.69) is 36.0 Å². The van der Waals surface area contributed by atoms with E-state index in [0.29, 0.717) is 5.82 Å². The quantitative estimate of drug-likeness (QED) is 0.494. The minimum absolute atomic E-state index is 0.142. The number of hydrogen-bond acceptors (Lipinski definition) is 6. The summed E-state index contributed by atoms with van der Waals surface area (Å²) < 4.78 is 4.66. The van der Waals surface area contributed by atoms with Crippen LogP contribution in [0.2, 0.25) is 0 Å². The van der Waals surface area contributed by atoms with Gasteiger partial charge in [-0.1, -0.05) is 5.21 Å². The number of carbonyl (C=O) groups is 2. The molecule has 0 spiro atoms. The van der Waals surface area contributed by atoms with Crippen LogP contribution in [0.1, 0.15) is 18.8 Å². The molecule has 2 amide bonds. The Morgan fingerprint density at radius 2 is 2.28 bits per heavy atom. The summed E-state index contributed by atoms with van der Waals surface area (Å²) in [5.41, 5.74) is 0. The van der Waals surface area contributed by atoms with Gasteiger partial charge in [-0.3, -0.25) is 0 Å². The fourth-order valence-electron chi connectivity index (χ4n) is 1.12. The molecule has 1 aromatic rings. The highest BCUT2D eigenvalue weighted by molar-refractivity contribution is 5.77. The maximum atomic E-state index is 11.4. The summed E-state index contributed by atoms with van der Waals surface area (Å²) in [5.74, 6) is -0.823. The van der Waals surface area contributed by atoms with E-state index in [1.54, 1.807) is 6.92 Å². The van der Waals surface area contributed by atoms with E-state index in [1.165, 1.54) is 7.11 Å². The SMILES string of the molecule is COC(CNC(=O)NC(C)c1nn[nH]n1)C(=O)O. The second-order valence-electron chi connectivity index (χ2n) is 3.41. The van der Waals surface area contributed by atoms with E-state index in [-0.39, 0.29) is 6.54 Å². The molecule has 2 unspecified atom stereocenters. The van der Waals surface area contributed by atoms with E-state index < -0.39 is 24.1 Å². The normalized spacial score (nSPS) is 13.7. The zero-order valence-electron chi connectivity index (χ0n) is 9.88. The number of aromatic nitrogens is 4. The smallest absolute Gasteiger partial charge is 0.334 e. The molecule has 0 saturated heterocycles. The van der Waals surface area contributed by atoms with Gasteiger partial charge in [0.15, 0.2) is 11.9 Å². The lowest BCUT2D eigenvalue weighted by Crippen LogP contribution is -2.43. The number of carbonyl (C=O) groups excluding carboxylic acids is 1. The topological polar surface area (TPSA) is 142 Å². The number of rotatable bonds is 6. The zero-order valence-corrected chi connectivity index (χ0v) is 9.88. The van der Waals surface area contributed by atoms with Gasteiger partial charge in [0.1, 0.15) is 0 Å². The number of aliphatic carboxylic acids is 1. The van der Waals surface area contributed by atoms with Crippen LogP contribution in [0.4, 0.5) is 4.79 Å². The summed E-state index contributed by atoms with van der Waals surface area (Å²) in [6, 6.07) is -0.995. The summed E-state index contributed by atoms with van der Waals surface area (Å²) in [4.78, 5) is 22.1. The molecular weight excluding hydrogens is 244 g/mol. The summed E-state index contributed by atoms with van der Waals surface area (Å²) in [6.45, 7) is 1.52. The van der Waals surface area contributed by atoms with Crippen molar-refractivity contribution < 1.29 is 19.4 Å². The third-order valence-corrected chi connectivity index (χ3v) is 2.10. The van der Waals surface area contributed by atoms with Gasteiger partial charge >= 0.3 is 12.0 Å². The van der Waals surface area contributed by atoms with Gasteiger partial charge in [-0.2, -0.15) is 5.21 Å². The van der Waals surface area contributed by atoms with Crippen LogP contribution in [-0.2, 0) is 9.53 Å². The molecule has 0 fully saturated rings. The number of H-pyrrole nitrogens is 1. The second kappa shape index (κ2) is 6.49. The number of carboxylic acids is 1. The first-order valence-electron chi connectivity index (χ1n) is 5.08. The molecule has 0 aliphatic rings. The Morgan fingerprint density at radius 1 is 1.56 bits per heavy atom. The number of tetrazole rings is 1. The second-order valence-corrected chi connectivity index (χ2v) is 3.41. The van der Waals surface area contributed by atoms with Crippen molar-refractivity contribution in [3.63, 3.8) is 0 Å². The van der Waals surface area contributed by atoms with Gasteiger partial charge < -0.3 is 20.5 Å². The molecular formula is C8H14N6O4. The third kappa shape index (κ3) is 3.97. The molecule has 4 N–H and O–H groups in total. The minimum atomic E-state index is -1.15. The van der Waals surface area contributed by atoms with E-state index in [0.717, 1.165) is 0 Å². The molecule has 1 rings (SSSR count). The maximum Gasteiger partial charge on any atom is 0.334 e. The Kier molecular flexibility index (Phi) is 4.99. The molecule has 10 nitrogen and oxygen atoms in total. The molecule has 18 heavy (non-hydrogen) atoms. The van der Waals surface area contributed by atoms with Crippen molar-refractivity contribution in [3.05, 3.63) is 5.82 Å². The minimum Gasteiger partial charge on any atom is -0.479 e. The number of nitrogens with zero attached hydrogens (tertiary/aromatic N) is 3. The Balaban J connectivity index is 2.35.